The summed E-state index contributed by atoms with van der Waals surface area (Å²) < 4.78 is 23.2. The maximum absolute atomic E-state index is 12.3. The van der Waals surface area contributed by atoms with Gasteiger partial charge in [0.05, 0.1) is 5.75 Å². The molecule has 0 aliphatic carbocycles. The van der Waals surface area contributed by atoms with Gasteiger partial charge in [0.1, 0.15) is 0 Å². The van der Waals surface area contributed by atoms with Crippen LogP contribution in [-0.4, -0.2) is 25.1 Å². The average molecular weight is 373 g/mol. The molecule has 8 heteroatoms. The highest BCUT2D eigenvalue weighted by atomic mass is 35.5. The van der Waals surface area contributed by atoms with Crippen LogP contribution in [0.3, 0.4) is 0 Å². The van der Waals surface area contributed by atoms with Gasteiger partial charge in [0.15, 0.2) is 15.0 Å². The lowest BCUT2D eigenvalue weighted by molar-refractivity contribution is 0.102. The molecule has 1 amide bonds. The first-order valence-corrected chi connectivity index (χ1v) is 9.96. The number of carbonyl (C=O) groups is 1. The molecule has 1 aromatic heterocycles. The van der Waals surface area contributed by atoms with Crippen molar-refractivity contribution >= 4 is 43.8 Å². The van der Waals surface area contributed by atoms with Gasteiger partial charge in [-0.25, -0.2) is 13.4 Å². The third-order valence-electron chi connectivity index (χ3n) is 3.33. The number of carbonyl (C=O) groups excluding carboxylic acids is 1. The molecule has 0 fully saturated rings. The summed E-state index contributed by atoms with van der Waals surface area (Å²) in [6.45, 7) is 5.24. The summed E-state index contributed by atoms with van der Waals surface area (Å²) in [5.74, 6) is -0.270. The lowest BCUT2D eigenvalue weighted by Gasteiger charge is -2.08. The van der Waals surface area contributed by atoms with Crippen LogP contribution in [0.2, 0.25) is 5.02 Å². The van der Waals surface area contributed by atoms with Gasteiger partial charge in [-0.2, -0.15) is 0 Å². The first-order chi connectivity index (χ1) is 10.7. The minimum Gasteiger partial charge on any atom is -0.298 e. The second kappa shape index (κ2) is 6.98. The molecular formula is C15H17ClN2O3S2. The lowest BCUT2D eigenvalue weighted by atomic mass is 10.1. The number of nitrogens with zero attached hydrogens (tertiary/aromatic N) is 1. The number of hydrogen-bond donors (Lipinski definition) is 1. The van der Waals surface area contributed by atoms with Gasteiger partial charge < -0.3 is 0 Å². The smallest absolute Gasteiger partial charge is 0.257 e. The highest BCUT2D eigenvalue weighted by molar-refractivity contribution is 7.90. The van der Waals surface area contributed by atoms with Gasteiger partial charge in [-0.1, -0.05) is 18.5 Å². The van der Waals surface area contributed by atoms with Gasteiger partial charge in [-0.3, -0.25) is 10.1 Å². The number of nitrogens with one attached hydrogen (secondary N) is 1. The maximum atomic E-state index is 12.3. The van der Waals surface area contributed by atoms with Crippen LogP contribution < -0.4 is 5.32 Å². The van der Waals surface area contributed by atoms with Crippen LogP contribution in [0.15, 0.2) is 18.3 Å². The van der Waals surface area contributed by atoms with E-state index in [0.717, 1.165) is 22.5 Å². The van der Waals surface area contributed by atoms with E-state index >= 15 is 0 Å². The summed E-state index contributed by atoms with van der Waals surface area (Å²) in [7, 11) is -3.11. The number of anilines is 1. The lowest BCUT2D eigenvalue weighted by Crippen LogP contribution is -2.13. The number of halogens is 1. The number of aromatic nitrogens is 1. The highest BCUT2D eigenvalue weighted by Crippen LogP contribution is 2.24. The molecule has 0 atom stereocenters. The summed E-state index contributed by atoms with van der Waals surface area (Å²) in [6.07, 6.45) is 1.48. The molecule has 124 valence electrons. The van der Waals surface area contributed by atoms with E-state index in [2.05, 4.69) is 10.3 Å². The number of rotatable bonds is 5. The Labute approximate surface area is 144 Å². The van der Waals surface area contributed by atoms with Crippen LogP contribution in [0.1, 0.15) is 33.3 Å². The number of sulfone groups is 1. The van der Waals surface area contributed by atoms with Gasteiger partial charge in [-0.05, 0) is 37.1 Å². The van der Waals surface area contributed by atoms with Crippen molar-refractivity contribution in [2.75, 3.05) is 11.1 Å². The molecule has 5 nitrogen and oxygen atoms in total. The molecule has 0 aliphatic heterocycles. The van der Waals surface area contributed by atoms with Gasteiger partial charge >= 0.3 is 0 Å². The molecule has 0 spiro atoms. The summed E-state index contributed by atoms with van der Waals surface area (Å²) in [6, 6.07) is 3.47. The van der Waals surface area contributed by atoms with E-state index in [1.807, 2.05) is 6.92 Å². The van der Waals surface area contributed by atoms with Crippen molar-refractivity contribution in [3.63, 3.8) is 0 Å². The fraction of sp³-hybridized carbons (Fsp3) is 0.333. The van der Waals surface area contributed by atoms with Crippen LogP contribution in [0.25, 0.3) is 0 Å². The number of aryl methyl sites for hydroxylation is 2. The third-order valence-corrected chi connectivity index (χ3v) is 6.46. The standard InChI is InChI=1S/C15H17ClN2O3S2/c1-4-23(20,21)8-11-7-17-15(22-11)18-14(19)12-5-10(3)13(16)6-9(12)2/h5-7H,4,8H2,1-3H3,(H,17,18,19). The molecule has 1 N–H and O–H groups in total. The molecule has 0 saturated heterocycles. The first-order valence-electron chi connectivity index (χ1n) is 6.95. The number of amides is 1. The minimum atomic E-state index is -3.11. The summed E-state index contributed by atoms with van der Waals surface area (Å²) in [4.78, 5) is 17.0. The topological polar surface area (TPSA) is 76.1 Å². The zero-order valence-corrected chi connectivity index (χ0v) is 15.4. The van der Waals surface area contributed by atoms with Crippen LogP contribution in [0, 0.1) is 13.8 Å². The Morgan fingerprint density at radius 1 is 1.30 bits per heavy atom. The molecule has 0 aliphatic rings. The van der Waals surface area contributed by atoms with Gasteiger partial charge in [0.25, 0.3) is 5.91 Å². The Balaban J connectivity index is 2.16. The second-order valence-corrected chi connectivity index (χ2v) is 9.05. The van der Waals surface area contributed by atoms with Crippen LogP contribution in [0.5, 0.6) is 0 Å². The maximum Gasteiger partial charge on any atom is 0.257 e. The van der Waals surface area contributed by atoms with Crippen LogP contribution in [-0.2, 0) is 15.6 Å². The monoisotopic (exact) mass is 372 g/mol. The van der Waals surface area contributed by atoms with E-state index in [-0.39, 0.29) is 17.4 Å². The molecule has 0 bridgehead atoms. The second-order valence-electron chi connectivity index (χ2n) is 5.18. The quantitative estimate of drug-likeness (QED) is 0.869. The van der Waals surface area contributed by atoms with E-state index in [1.165, 1.54) is 6.20 Å². The van der Waals surface area contributed by atoms with Crippen molar-refractivity contribution in [3.05, 3.63) is 44.9 Å². The van der Waals surface area contributed by atoms with Crippen molar-refractivity contribution in [1.82, 2.24) is 4.98 Å². The SMILES string of the molecule is CCS(=O)(=O)Cc1cnc(NC(=O)c2cc(C)c(Cl)cc2C)s1. The van der Waals surface area contributed by atoms with E-state index in [1.54, 1.807) is 26.0 Å². The zero-order chi connectivity index (χ0) is 17.2. The fourth-order valence-corrected chi connectivity index (χ4v) is 4.25. The van der Waals surface area contributed by atoms with Crippen molar-refractivity contribution in [1.29, 1.82) is 0 Å². The van der Waals surface area contributed by atoms with Gasteiger partial charge in [0, 0.05) is 27.4 Å². The summed E-state index contributed by atoms with van der Waals surface area (Å²) in [5.41, 5.74) is 2.10. The Kier molecular flexibility index (Phi) is 5.44. The van der Waals surface area contributed by atoms with E-state index < -0.39 is 9.84 Å². The Bertz CT molecular complexity index is 844. The Hall–Kier alpha value is -1.44. The van der Waals surface area contributed by atoms with Crippen molar-refractivity contribution in [2.45, 2.75) is 26.5 Å². The summed E-state index contributed by atoms with van der Waals surface area (Å²) >= 11 is 7.19. The molecule has 2 aromatic rings. The van der Waals surface area contributed by atoms with Crippen molar-refractivity contribution in [3.8, 4) is 0 Å². The molecule has 0 radical (unpaired) electrons. The van der Waals surface area contributed by atoms with E-state index in [4.69, 9.17) is 11.6 Å². The molecule has 0 saturated carbocycles. The first kappa shape index (κ1) is 17.9. The number of benzene rings is 1. The average Bonchev–Trinajstić information content (AvgIpc) is 2.89. The molecule has 1 aromatic carbocycles. The zero-order valence-electron chi connectivity index (χ0n) is 13.0. The normalized spacial score (nSPS) is 11.5. The van der Waals surface area contributed by atoms with Crippen molar-refractivity contribution in [2.24, 2.45) is 0 Å². The number of thiazole rings is 1. The molecule has 23 heavy (non-hydrogen) atoms. The fourth-order valence-electron chi connectivity index (χ4n) is 1.94. The van der Waals surface area contributed by atoms with Crippen LogP contribution >= 0.6 is 22.9 Å². The molecular weight excluding hydrogens is 356 g/mol. The highest BCUT2D eigenvalue weighted by Gasteiger charge is 2.15. The molecule has 0 unspecified atom stereocenters. The van der Waals surface area contributed by atoms with Gasteiger partial charge in [0.2, 0.25) is 0 Å². The summed E-state index contributed by atoms with van der Waals surface area (Å²) in [5, 5.41) is 3.69. The predicted molar refractivity (Wildman–Crippen MR) is 94.2 cm³/mol. The molecule has 2 rings (SSSR count). The van der Waals surface area contributed by atoms with Gasteiger partial charge in [-0.15, -0.1) is 11.3 Å². The number of hydrogen-bond acceptors (Lipinski definition) is 5. The van der Waals surface area contributed by atoms with E-state index in [9.17, 15) is 13.2 Å². The Morgan fingerprint density at radius 3 is 2.65 bits per heavy atom. The van der Waals surface area contributed by atoms with Crippen molar-refractivity contribution < 1.29 is 13.2 Å². The van der Waals surface area contributed by atoms with E-state index in [0.29, 0.717) is 20.6 Å². The minimum absolute atomic E-state index is 0.0594. The third kappa shape index (κ3) is 4.53. The predicted octanol–water partition coefficient (Wildman–Crippen LogP) is 3.60. The van der Waals surface area contributed by atoms with Crippen LogP contribution in [0.4, 0.5) is 5.13 Å². The Morgan fingerprint density at radius 2 is 2.00 bits per heavy atom. The largest absolute Gasteiger partial charge is 0.298 e. The molecule has 1 heterocycles.